The summed E-state index contributed by atoms with van der Waals surface area (Å²) in [7, 11) is -3.82. The van der Waals surface area contributed by atoms with Crippen LogP contribution >= 0.6 is 12.4 Å². The Hall–Kier alpha value is -1.19. The molecule has 4 N–H and O–H groups in total. The van der Waals surface area contributed by atoms with Crippen LogP contribution in [0.2, 0.25) is 0 Å². The molecule has 1 amide bonds. The van der Waals surface area contributed by atoms with E-state index in [9.17, 15) is 13.2 Å². The summed E-state index contributed by atoms with van der Waals surface area (Å²) >= 11 is 0. The summed E-state index contributed by atoms with van der Waals surface area (Å²) in [6.45, 7) is 5.17. The van der Waals surface area contributed by atoms with E-state index in [1.165, 1.54) is 12.1 Å². The minimum absolute atomic E-state index is 0. The lowest BCUT2D eigenvalue weighted by atomic mass is 10.1. The first-order valence-electron chi connectivity index (χ1n) is 6.56. The number of nitrogens with one attached hydrogen (secondary N) is 2. The number of hydrogen-bond acceptors (Lipinski definition) is 5. The number of nitrogens with two attached hydrogens (primary N) is 1. The first-order valence-corrected chi connectivity index (χ1v) is 8.11. The minimum Gasteiger partial charge on any atom is -0.366 e. The van der Waals surface area contributed by atoms with Gasteiger partial charge in [0.1, 0.15) is 6.10 Å². The third-order valence-corrected chi connectivity index (χ3v) is 4.34. The molecule has 1 aliphatic heterocycles. The highest BCUT2D eigenvalue weighted by molar-refractivity contribution is 7.89. The number of primary sulfonamides is 1. The van der Waals surface area contributed by atoms with Crippen molar-refractivity contribution in [3.63, 3.8) is 0 Å². The Morgan fingerprint density at radius 3 is 2.64 bits per heavy atom. The second-order valence-corrected chi connectivity index (χ2v) is 6.57. The number of amides is 1. The molecule has 0 bridgehead atoms. The number of anilines is 1. The number of morpholine rings is 1. The fraction of sp³-hybridized carbons (Fsp3) is 0.462. The molecule has 1 aromatic carbocycles. The summed E-state index contributed by atoms with van der Waals surface area (Å²) in [4.78, 5) is 12.1. The number of hydrogen-bond donors (Lipinski definition) is 3. The fourth-order valence-corrected chi connectivity index (χ4v) is 2.69. The molecule has 1 heterocycles. The van der Waals surface area contributed by atoms with Crippen molar-refractivity contribution in [3.05, 3.63) is 23.3 Å². The molecule has 0 spiro atoms. The van der Waals surface area contributed by atoms with E-state index in [4.69, 9.17) is 9.88 Å². The van der Waals surface area contributed by atoms with E-state index >= 15 is 0 Å². The quantitative estimate of drug-likeness (QED) is 0.727. The first-order chi connectivity index (χ1) is 9.79. The van der Waals surface area contributed by atoms with Crippen LogP contribution < -0.4 is 15.8 Å². The molecule has 1 atom stereocenters. The Balaban J connectivity index is 0.00000242. The van der Waals surface area contributed by atoms with Crippen LogP contribution in [0.3, 0.4) is 0 Å². The zero-order chi connectivity index (χ0) is 15.6. The minimum atomic E-state index is -3.82. The zero-order valence-corrected chi connectivity index (χ0v) is 14.0. The van der Waals surface area contributed by atoms with Gasteiger partial charge in [-0.05, 0) is 37.1 Å². The molecule has 124 valence electrons. The number of ether oxygens (including phenoxy) is 1. The normalized spacial score (nSPS) is 18.4. The second kappa shape index (κ2) is 7.38. The second-order valence-electron chi connectivity index (χ2n) is 5.01. The summed E-state index contributed by atoms with van der Waals surface area (Å²) in [5.74, 6) is -0.309. The summed E-state index contributed by atoms with van der Waals surface area (Å²) in [5, 5.41) is 10.9. The molecule has 0 aliphatic carbocycles. The molecule has 1 aliphatic rings. The summed E-state index contributed by atoms with van der Waals surface area (Å²) in [5.41, 5.74) is 1.96. The third-order valence-electron chi connectivity index (χ3n) is 3.45. The maximum absolute atomic E-state index is 12.1. The molecule has 1 unspecified atom stereocenters. The molecule has 0 radical (unpaired) electrons. The number of benzene rings is 1. The molecule has 1 saturated heterocycles. The van der Waals surface area contributed by atoms with E-state index in [0.29, 0.717) is 25.4 Å². The van der Waals surface area contributed by atoms with E-state index in [0.717, 1.165) is 11.1 Å². The molecular weight excluding hydrogens is 330 g/mol. The molecule has 7 nitrogen and oxygen atoms in total. The number of carbonyl (C=O) groups excluding carboxylic acids is 1. The number of aryl methyl sites for hydroxylation is 1. The molecule has 2 rings (SSSR count). The molecule has 1 fully saturated rings. The van der Waals surface area contributed by atoms with Gasteiger partial charge in [0, 0.05) is 18.8 Å². The molecule has 0 saturated carbocycles. The molecular formula is C13H20ClN3O4S. The Kier molecular flexibility index (Phi) is 6.33. The lowest BCUT2D eigenvalue weighted by Crippen LogP contribution is -2.45. The maximum Gasteiger partial charge on any atom is 0.254 e. The smallest absolute Gasteiger partial charge is 0.254 e. The van der Waals surface area contributed by atoms with Gasteiger partial charge >= 0.3 is 0 Å². The summed E-state index contributed by atoms with van der Waals surface area (Å²) < 4.78 is 28.3. The predicted octanol–water partition coefficient (Wildman–Crippen LogP) is 0.300. The molecule has 0 aromatic heterocycles. The van der Waals surface area contributed by atoms with Crippen LogP contribution in [-0.4, -0.2) is 40.1 Å². The van der Waals surface area contributed by atoms with Crippen molar-refractivity contribution in [1.82, 2.24) is 5.32 Å². The van der Waals surface area contributed by atoms with Crippen LogP contribution in [0.25, 0.3) is 0 Å². The number of carbonyl (C=O) groups is 1. The Bertz CT molecular complexity index is 657. The van der Waals surface area contributed by atoms with E-state index < -0.39 is 16.1 Å². The highest BCUT2D eigenvalue weighted by atomic mass is 35.5. The highest BCUT2D eigenvalue weighted by Gasteiger charge is 2.23. The van der Waals surface area contributed by atoms with Gasteiger partial charge in [-0.15, -0.1) is 12.4 Å². The Morgan fingerprint density at radius 1 is 1.41 bits per heavy atom. The van der Waals surface area contributed by atoms with E-state index in [1.807, 2.05) is 0 Å². The predicted molar refractivity (Wildman–Crippen MR) is 85.8 cm³/mol. The van der Waals surface area contributed by atoms with Gasteiger partial charge in [-0.2, -0.15) is 0 Å². The van der Waals surface area contributed by atoms with Crippen LogP contribution in [0.5, 0.6) is 0 Å². The monoisotopic (exact) mass is 349 g/mol. The molecule has 9 heteroatoms. The van der Waals surface area contributed by atoms with Crippen molar-refractivity contribution < 1.29 is 17.9 Å². The summed E-state index contributed by atoms with van der Waals surface area (Å²) in [6.07, 6.45) is -0.586. The SMILES string of the molecule is Cc1cc(S(N)(=O)=O)cc(NC(=O)C2CNCCO2)c1C.Cl. The summed E-state index contributed by atoms with van der Waals surface area (Å²) in [6, 6.07) is 2.85. The number of rotatable bonds is 3. The van der Waals surface area contributed by atoms with Gasteiger partial charge in [0.25, 0.3) is 5.91 Å². The van der Waals surface area contributed by atoms with Crippen LogP contribution in [0.1, 0.15) is 11.1 Å². The van der Waals surface area contributed by atoms with Crippen molar-refractivity contribution >= 4 is 34.0 Å². The largest absolute Gasteiger partial charge is 0.366 e. The van der Waals surface area contributed by atoms with Gasteiger partial charge < -0.3 is 15.4 Å². The average molecular weight is 350 g/mol. The van der Waals surface area contributed by atoms with E-state index in [2.05, 4.69) is 10.6 Å². The van der Waals surface area contributed by atoms with Crippen molar-refractivity contribution in [2.24, 2.45) is 5.14 Å². The Labute approximate surface area is 136 Å². The Morgan fingerprint density at radius 2 is 2.09 bits per heavy atom. The van der Waals surface area contributed by atoms with Crippen molar-refractivity contribution in [3.8, 4) is 0 Å². The van der Waals surface area contributed by atoms with Gasteiger partial charge in [-0.1, -0.05) is 0 Å². The lowest BCUT2D eigenvalue weighted by Gasteiger charge is -2.23. The van der Waals surface area contributed by atoms with Crippen molar-refractivity contribution in [2.75, 3.05) is 25.0 Å². The van der Waals surface area contributed by atoms with Crippen molar-refractivity contribution in [1.29, 1.82) is 0 Å². The standard InChI is InChI=1S/C13H19N3O4S.ClH/c1-8-5-10(21(14,18)19)6-11(9(8)2)16-13(17)12-7-15-3-4-20-12;/h5-6,12,15H,3-4,7H2,1-2H3,(H,16,17)(H2,14,18,19);1H. The fourth-order valence-electron chi connectivity index (χ4n) is 2.07. The van der Waals surface area contributed by atoms with Gasteiger partial charge in [-0.3, -0.25) is 4.79 Å². The molecule has 22 heavy (non-hydrogen) atoms. The number of sulfonamides is 1. The zero-order valence-electron chi connectivity index (χ0n) is 12.4. The van der Waals surface area contributed by atoms with Crippen LogP contribution in [0, 0.1) is 13.8 Å². The van der Waals surface area contributed by atoms with Gasteiger partial charge in [0.15, 0.2) is 0 Å². The van der Waals surface area contributed by atoms with Crippen LogP contribution in [0.4, 0.5) is 5.69 Å². The van der Waals surface area contributed by atoms with E-state index in [1.54, 1.807) is 13.8 Å². The average Bonchev–Trinajstić information content (AvgIpc) is 2.43. The van der Waals surface area contributed by atoms with E-state index in [-0.39, 0.29) is 23.2 Å². The van der Waals surface area contributed by atoms with Gasteiger partial charge in [-0.25, -0.2) is 13.6 Å². The van der Waals surface area contributed by atoms with Crippen LogP contribution in [0.15, 0.2) is 17.0 Å². The van der Waals surface area contributed by atoms with Crippen LogP contribution in [-0.2, 0) is 19.6 Å². The van der Waals surface area contributed by atoms with Gasteiger partial charge in [0.2, 0.25) is 10.0 Å². The maximum atomic E-state index is 12.1. The highest BCUT2D eigenvalue weighted by Crippen LogP contribution is 2.23. The third kappa shape index (κ3) is 4.40. The lowest BCUT2D eigenvalue weighted by molar-refractivity contribution is -0.128. The van der Waals surface area contributed by atoms with Crippen molar-refractivity contribution in [2.45, 2.75) is 24.8 Å². The number of halogens is 1. The topological polar surface area (TPSA) is 111 Å². The van der Waals surface area contributed by atoms with Gasteiger partial charge in [0.05, 0.1) is 11.5 Å². The first kappa shape index (κ1) is 18.9. The molecule has 1 aromatic rings.